The topological polar surface area (TPSA) is 75.4 Å². The Morgan fingerprint density at radius 1 is 1.43 bits per heavy atom. The largest absolute Gasteiger partial charge is 0.348 e. The molecule has 23 heavy (non-hydrogen) atoms. The van der Waals surface area contributed by atoms with E-state index in [4.69, 9.17) is 21.1 Å². The quantitative estimate of drug-likeness (QED) is 0.814. The highest BCUT2D eigenvalue weighted by Gasteiger charge is 2.33. The minimum Gasteiger partial charge on any atom is -0.348 e. The van der Waals surface area contributed by atoms with Crippen LogP contribution in [-0.2, 0) is 23.1 Å². The fraction of sp³-hybridized carbons (Fsp3) is 0.500. The van der Waals surface area contributed by atoms with Gasteiger partial charge >= 0.3 is 0 Å². The maximum atomic E-state index is 13.9. The lowest BCUT2D eigenvalue weighted by atomic mass is 10.3. The Morgan fingerprint density at radius 3 is 2.74 bits per heavy atom. The van der Waals surface area contributed by atoms with Crippen molar-refractivity contribution in [3.05, 3.63) is 37.9 Å². The zero-order valence-electron chi connectivity index (χ0n) is 12.8. The van der Waals surface area contributed by atoms with Gasteiger partial charge in [-0.25, -0.2) is 4.98 Å². The minimum atomic E-state index is -1.17. The van der Waals surface area contributed by atoms with Crippen LogP contribution in [0, 0.1) is 5.82 Å². The molecule has 1 aliphatic heterocycles. The molecule has 0 aromatic carbocycles. The normalized spacial score (nSPS) is 20.3. The van der Waals surface area contributed by atoms with E-state index in [0.29, 0.717) is 6.61 Å². The van der Waals surface area contributed by atoms with Crippen molar-refractivity contribution in [2.24, 2.45) is 7.05 Å². The van der Waals surface area contributed by atoms with E-state index in [-0.39, 0.29) is 23.7 Å². The van der Waals surface area contributed by atoms with Crippen molar-refractivity contribution < 1.29 is 13.9 Å². The molecule has 2 aromatic rings. The third kappa shape index (κ3) is 2.66. The van der Waals surface area contributed by atoms with Crippen LogP contribution >= 0.6 is 11.6 Å². The van der Waals surface area contributed by atoms with Crippen LogP contribution in [0.4, 0.5) is 4.39 Å². The minimum absolute atomic E-state index is 0.0339. The van der Waals surface area contributed by atoms with Crippen molar-refractivity contribution in [3.8, 4) is 0 Å². The first kappa shape index (κ1) is 16.1. The number of aromatic nitrogens is 3. The van der Waals surface area contributed by atoms with Crippen molar-refractivity contribution in [1.82, 2.24) is 14.1 Å². The van der Waals surface area contributed by atoms with Crippen LogP contribution in [0.1, 0.15) is 13.8 Å². The third-order valence-electron chi connectivity index (χ3n) is 3.71. The van der Waals surface area contributed by atoms with Gasteiger partial charge in [0.2, 0.25) is 5.82 Å². The molecule has 1 atom stereocenters. The van der Waals surface area contributed by atoms with E-state index in [9.17, 15) is 14.0 Å². The Kier molecular flexibility index (Phi) is 3.78. The summed E-state index contributed by atoms with van der Waals surface area (Å²) >= 11 is 5.84. The maximum absolute atomic E-state index is 13.9. The Morgan fingerprint density at radius 2 is 2.13 bits per heavy atom. The van der Waals surface area contributed by atoms with Crippen LogP contribution in [0.15, 0.2) is 15.9 Å². The standard InChI is InChI=1S/C14H15ClFN3O4/c1-14(2)22-5-7(23-14)4-19-6-17-11-8(12(19)20)9(15)10(16)13(21)18(11)3/h6-7H,4-5H2,1-3H3. The van der Waals surface area contributed by atoms with Crippen LogP contribution in [0.3, 0.4) is 0 Å². The molecule has 124 valence electrons. The van der Waals surface area contributed by atoms with Gasteiger partial charge in [-0.1, -0.05) is 11.6 Å². The molecule has 0 bridgehead atoms. The summed E-state index contributed by atoms with van der Waals surface area (Å²) in [5, 5.41) is -0.647. The number of aryl methyl sites for hydroxylation is 1. The highest BCUT2D eigenvalue weighted by atomic mass is 35.5. The lowest BCUT2D eigenvalue weighted by Crippen LogP contribution is -2.32. The third-order valence-corrected chi connectivity index (χ3v) is 4.06. The number of hydrogen-bond acceptors (Lipinski definition) is 5. The molecule has 1 aliphatic rings. The average molecular weight is 344 g/mol. The van der Waals surface area contributed by atoms with Gasteiger partial charge in [0.15, 0.2) is 11.4 Å². The Bertz CT molecular complexity index is 906. The predicted molar refractivity (Wildman–Crippen MR) is 81.1 cm³/mol. The van der Waals surface area contributed by atoms with Crippen LogP contribution in [-0.4, -0.2) is 32.6 Å². The van der Waals surface area contributed by atoms with Gasteiger partial charge in [-0.3, -0.25) is 18.7 Å². The molecule has 7 nitrogen and oxygen atoms in total. The van der Waals surface area contributed by atoms with E-state index in [1.165, 1.54) is 17.9 Å². The molecule has 0 saturated carbocycles. The molecule has 0 radical (unpaired) electrons. The fourth-order valence-electron chi connectivity index (χ4n) is 2.58. The number of nitrogens with zero attached hydrogens (tertiary/aromatic N) is 3. The van der Waals surface area contributed by atoms with Gasteiger partial charge in [0.05, 0.1) is 24.5 Å². The van der Waals surface area contributed by atoms with Gasteiger partial charge in [-0.15, -0.1) is 0 Å². The molecular weight excluding hydrogens is 329 g/mol. The Labute approximate surface area is 135 Å². The van der Waals surface area contributed by atoms with Crippen molar-refractivity contribution in [3.63, 3.8) is 0 Å². The zero-order chi connectivity index (χ0) is 16.9. The van der Waals surface area contributed by atoms with Gasteiger partial charge < -0.3 is 9.47 Å². The van der Waals surface area contributed by atoms with Crippen molar-refractivity contribution in [2.75, 3.05) is 6.61 Å². The van der Waals surface area contributed by atoms with E-state index in [1.807, 2.05) is 0 Å². The second-order valence-corrected chi connectivity index (χ2v) is 6.22. The number of hydrogen-bond donors (Lipinski definition) is 0. The molecule has 9 heteroatoms. The zero-order valence-corrected chi connectivity index (χ0v) is 13.6. The number of pyridine rings is 1. The first-order chi connectivity index (χ1) is 10.7. The van der Waals surface area contributed by atoms with E-state index < -0.39 is 27.7 Å². The molecule has 0 N–H and O–H groups in total. The Hall–Kier alpha value is -1.77. The number of fused-ring (bicyclic) bond motifs is 1. The SMILES string of the molecule is Cn1c(=O)c(F)c(Cl)c2c(=O)n(CC3COC(C)(C)O3)cnc21. The molecule has 2 aromatic heterocycles. The molecular formula is C14H15ClFN3O4. The second-order valence-electron chi connectivity index (χ2n) is 5.84. The lowest BCUT2D eigenvalue weighted by molar-refractivity contribution is -0.139. The highest BCUT2D eigenvalue weighted by molar-refractivity contribution is 6.35. The van der Waals surface area contributed by atoms with Crippen LogP contribution in [0.5, 0.6) is 0 Å². The van der Waals surface area contributed by atoms with Gasteiger partial charge in [-0.05, 0) is 13.8 Å². The summed E-state index contributed by atoms with van der Waals surface area (Å²) in [5.41, 5.74) is -1.43. The van der Waals surface area contributed by atoms with Gasteiger partial charge in [0.1, 0.15) is 11.5 Å². The molecule has 3 rings (SSSR count). The predicted octanol–water partition coefficient (Wildman–Crippen LogP) is 1.04. The summed E-state index contributed by atoms with van der Waals surface area (Å²) in [7, 11) is 1.33. The highest BCUT2D eigenvalue weighted by Crippen LogP contribution is 2.23. The maximum Gasteiger partial charge on any atom is 0.289 e. The Balaban J connectivity index is 2.10. The van der Waals surface area contributed by atoms with Crippen molar-refractivity contribution in [2.45, 2.75) is 32.3 Å². The molecule has 0 amide bonds. The molecule has 0 aliphatic carbocycles. The summed E-state index contributed by atoms with van der Waals surface area (Å²) in [4.78, 5) is 28.3. The summed E-state index contributed by atoms with van der Waals surface area (Å²) in [6, 6.07) is 0. The fourth-order valence-corrected chi connectivity index (χ4v) is 2.82. The molecule has 0 spiro atoms. The van der Waals surface area contributed by atoms with E-state index in [1.54, 1.807) is 13.8 Å². The van der Waals surface area contributed by atoms with Gasteiger partial charge in [0.25, 0.3) is 11.1 Å². The van der Waals surface area contributed by atoms with Crippen molar-refractivity contribution >= 4 is 22.6 Å². The summed E-state index contributed by atoms with van der Waals surface area (Å²) in [6.45, 7) is 4.06. The van der Waals surface area contributed by atoms with Gasteiger partial charge in [0, 0.05) is 7.05 Å². The second kappa shape index (κ2) is 5.40. The molecule has 1 unspecified atom stereocenters. The first-order valence-corrected chi connectivity index (χ1v) is 7.34. The smallest absolute Gasteiger partial charge is 0.289 e. The van der Waals surface area contributed by atoms with Crippen molar-refractivity contribution in [1.29, 1.82) is 0 Å². The monoisotopic (exact) mass is 343 g/mol. The van der Waals surface area contributed by atoms with E-state index in [2.05, 4.69) is 4.98 Å². The molecule has 1 fully saturated rings. The number of rotatable bonds is 2. The van der Waals surface area contributed by atoms with Crippen LogP contribution < -0.4 is 11.1 Å². The van der Waals surface area contributed by atoms with Gasteiger partial charge in [-0.2, -0.15) is 4.39 Å². The molecule has 1 saturated heterocycles. The summed E-state index contributed by atoms with van der Waals surface area (Å²) < 4.78 is 27.2. The molecule has 3 heterocycles. The summed E-state index contributed by atoms with van der Waals surface area (Å²) in [6.07, 6.45) is 0.950. The number of halogens is 2. The van der Waals surface area contributed by atoms with Crippen LogP contribution in [0.25, 0.3) is 11.0 Å². The van der Waals surface area contributed by atoms with E-state index in [0.717, 1.165) is 4.57 Å². The summed E-state index contributed by atoms with van der Waals surface area (Å²) in [5.74, 6) is -1.88. The average Bonchev–Trinajstić information content (AvgIpc) is 2.83. The van der Waals surface area contributed by atoms with E-state index >= 15 is 0 Å². The number of ether oxygens (including phenoxy) is 2. The first-order valence-electron chi connectivity index (χ1n) is 6.96. The lowest BCUT2D eigenvalue weighted by Gasteiger charge is -2.17. The van der Waals surface area contributed by atoms with Crippen LogP contribution in [0.2, 0.25) is 5.02 Å².